The fourth-order valence-corrected chi connectivity index (χ4v) is 3.54. The standard InChI is InChI=1S/C17H22F2N2O.ClH/c1-12-14(13-5-8-20-9-6-13)3-2-4-15(12)16(22)21-10-7-17(18,19)11-21;/h2-4,13,20H,5-11H2,1H3;1H. The van der Waals surface area contributed by atoms with Gasteiger partial charge in [-0.05, 0) is 56.0 Å². The minimum Gasteiger partial charge on any atom is -0.332 e. The fourth-order valence-electron chi connectivity index (χ4n) is 3.54. The third kappa shape index (κ3) is 3.83. The lowest BCUT2D eigenvalue weighted by atomic mass is 9.85. The lowest BCUT2D eigenvalue weighted by Crippen LogP contribution is -2.32. The fraction of sp³-hybridized carbons (Fsp3) is 0.588. The molecule has 0 radical (unpaired) electrons. The van der Waals surface area contributed by atoms with Crippen molar-refractivity contribution in [1.82, 2.24) is 10.2 Å². The summed E-state index contributed by atoms with van der Waals surface area (Å²) in [6, 6.07) is 5.71. The summed E-state index contributed by atoms with van der Waals surface area (Å²) in [5.41, 5.74) is 2.72. The molecule has 0 atom stereocenters. The highest BCUT2D eigenvalue weighted by atomic mass is 35.5. The zero-order chi connectivity index (χ0) is 15.7. The van der Waals surface area contributed by atoms with Crippen LogP contribution in [0.5, 0.6) is 0 Å². The van der Waals surface area contributed by atoms with E-state index in [2.05, 4.69) is 11.4 Å². The number of benzene rings is 1. The summed E-state index contributed by atoms with van der Waals surface area (Å²) in [5, 5.41) is 3.34. The minimum atomic E-state index is -2.74. The maximum absolute atomic E-state index is 13.3. The van der Waals surface area contributed by atoms with Crippen molar-refractivity contribution in [3.8, 4) is 0 Å². The molecule has 2 saturated heterocycles. The highest BCUT2D eigenvalue weighted by Crippen LogP contribution is 2.32. The highest BCUT2D eigenvalue weighted by Gasteiger charge is 2.40. The molecule has 128 valence electrons. The predicted octanol–water partition coefficient (Wildman–Crippen LogP) is 3.37. The Morgan fingerprint density at radius 3 is 2.61 bits per heavy atom. The van der Waals surface area contributed by atoms with Gasteiger partial charge in [0, 0.05) is 18.5 Å². The van der Waals surface area contributed by atoms with E-state index in [4.69, 9.17) is 0 Å². The Labute approximate surface area is 141 Å². The van der Waals surface area contributed by atoms with E-state index >= 15 is 0 Å². The van der Waals surface area contributed by atoms with Gasteiger partial charge in [-0.2, -0.15) is 0 Å². The molecule has 6 heteroatoms. The molecule has 2 aliphatic rings. The van der Waals surface area contributed by atoms with Gasteiger partial charge >= 0.3 is 0 Å². The van der Waals surface area contributed by atoms with E-state index in [1.807, 2.05) is 13.0 Å². The topological polar surface area (TPSA) is 32.3 Å². The molecule has 1 N–H and O–H groups in total. The lowest BCUT2D eigenvalue weighted by molar-refractivity contribution is 0.0120. The van der Waals surface area contributed by atoms with Crippen LogP contribution in [0.25, 0.3) is 0 Å². The van der Waals surface area contributed by atoms with Crippen LogP contribution >= 0.6 is 12.4 Å². The molecule has 1 aromatic carbocycles. The average molecular weight is 345 g/mol. The Morgan fingerprint density at radius 2 is 2.00 bits per heavy atom. The Morgan fingerprint density at radius 1 is 1.30 bits per heavy atom. The summed E-state index contributed by atoms with van der Waals surface area (Å²) >= 11 is 0. The van der Waals surface area contributed by atoms with Crippen molar-refractivity contribution >= 4 is 18.3 Å². The second-order valence-electron chi connectivity index (χ2n) is 6.38. The van der Waals surface area contributed by atoms with Crippen molar-refractivity contribution in [3.63, 3.8) is 0 Å². The SMILES string of the molecule is Cc1c(C(=O)N2CCC(F)(F)C2)cccc1C1CCNCC1.Cl. The molecule has 0 aromatic heterocycles. The molecular formula is C17H23ClF2N2O. The third-order valence-corrected chi connectivity index (χ3v) is 4.84. The summed E-state index contributed by atoms with van der Waals surface area (Å²) in [5.74, 6) is -2.55. The number of rotatable bonds is 2. The summed E-state index contributed by atoms with van der Waals surface area (Å²) in [7, 11) is 0. The number of nitrogens with one attached hydrogen (secondary N) is 1. The molecule has 2 fully saturated rings. The molecule has 3 nitrogen and oxygen atoms in total. The van der Waals surface area contributed by atoms with Gasteiger partial charge in [-0.25, -0.2) is 8.78 Å². The van der Waals surface area contributed by atoms with E-state index in [9.17, 15) is 13.6 Å². The molecule has 23 heavy (non-hydrogen) atoms. The van der Waals surface area contributed by atoms with E-state index in [0.29, 0.717) is 11.5 Å². The smallest absolute Gasteiger partial charge is 0.267 e. The van der Waals surface area contributed by atoms with Gasteiger partial charge < -0.3 is 10.2 Å². The molecule has 3 rings (SSSR count). The van der Waals surface area contributed by atoms with E-state index in [1.165, 1.54) is 10.5 Å². The maximum Gasteiger partial charge on any atom is 0.267 e. The van der Waals surface area contributed by atoms with Crippen molar-refractivity contribution in [2.45, 2.75) is 38.0 Å². The van der Waals surface area contributed by atoms with Gasteiger partial charge in [-0.1, -0.05) is 12.1 Å². The lowest BCUT2D eigenvalue weighted by Gasteiger charge is -2.26. The van der Waals surface area contributed by atoms with Gasteiger partial charge in [0.05, 0.1) is 6.54 Å². The van der Waals surface area contributed by atoms with Crippen LogP contribution in [-0.2, 0) is 0 Å². The van der Waals surface area contributed by atoms with Crippen molar-refractivity contribution in [2.75, 3.05) is 26.2 Å². The van der Waals surface area contributed by atoms with Crippen molar-refractivity contribution in [2.24, 2.45) is 0 Å². The molecule has 2 heterocycles. The number of carbonyl (C=O) groups is 1. The first-order chi connectivity index (χ1) is 10.5. The number of hydrogen-bond donors (Lipinski definition) is 1. The first-order valence-corrected chi connectivity index (χ1v) is 7.95. The second kappa shape index (κ2) is 7.14. The molecule has 0 unspecified atom stereocenters. The largest absolute Gasteiger partial charge is 0.332 e. The first kappa shape index (κ1) is 18.1. The van der Waals surface area contributed by atoms with Crippen LogP contribution in [0.4, 0.5) is 8.78 Å². The molecule has 0 spiro atoms. The van der Waals surface area contributed by atoms with E-state index in [0.717, 1.165) is 31.5 Å². The summed E-state index contributed by atoms with van der Waals surface area (Å²) < 4.78 is 26.7. The summed E-state index contributed by atoms with van der Waals surface area (Å²) in [6.45, 7) is 3.60. The Hall–Kier alpha value is -1.20. The summed E-state index contributed by atoms with van der Waals surface area (Å²) in [6.07, 6.45) is 1.88. The number of carbonyl (C=O) groups excluding carboxylic acids is 1. The molecule has 0 bridgehead atoms. The first-order valence-electron chi connectivity index (χ1n) is 7.95. The van der Waals surface area contributed by atoms with Crippen molar-refractivity contribution < 1.29 is 13.6 Å². The third-order valence-electron chi connectivity index (χ3n) is 4.84. The van der Waals surface area contributed by atoms with E-state index in [-0.39, 0.29) is 31.3 Å². The highest BCUT2D eigenvalue weighted by molar-refractivity contribution is 5.96. The van der Waals surface area contributed by atoms with Crippen LogP contribution in [0.15, 0.2) is 18.2 Å². The number of likely N-dealkylation sites (tertiary alicyclic amines) is 1. The van der Waals surface area contributed by atoms with Gasteiger partial charge in [0.2, 0.25) is 0 Å². The number of amides is 1. The molecule has 2 aliphatic heterocycles. The van der Waals surface area contributed by atoms with Crippen molar-refractivity contribution in [1.29, 1.82) is 0 Å². The van der Waals surface area contributed by atoms with Crippen LogP contribution in [-0.4, -0.2) is 42.9 Å². The molecule has 0 saturated carbocycles. The average Bonchev–Trinajstić information content (AvgIpc) is 2.88. The van der Waals surface area contributed by atoms with Crippen LogP contribution < -0.4 is 5.32 Å². The van der Waals surface area contributed by atoms with Gasteiger partial charge in [0.25, 0.3) is 11.8 Å². The Kier molecular flexibility index (Phi) is 5.63. The quantitative estimate of drug-likeness (QED) is 0.892. The number of piperidine rings is 1. The van der Waals surface area contributed by atoms with Gasteiger partial charge in [-0.15, -0.1) is 12.4 Å². The monoisotopic (exact) mass is 344 g/mol. The normalized spacial score (nSPS) is 21.1. The van der Waals surface area contributed by atoms with Crippen LogP contribution in [0.3, 0.4) is 0 Å². The molecular weight excluding hydrogens is 322 g/mol. The molecule has 1 amide bonds. The zero-order valence-electron chi connectivity index (χ0n) is 13.3. The van der Waals surface area contributed by atoms with E-state index in [1.54, 1.807) is 6.07 Å². The van der Waals surface area contributed by atoms with Gasteiger partial charge in [-0.3, -0.25) is 4.79 Å². The van der Waals surface area contributed by atoms with Crippen LogP contribution in [0.2, 0.25) is 0 Å². The second-order valence-corrected chi connectivity index (χ2v) is 6.38. The Bertz CT molecular complexity index is 574. The Balaban J connectivity index is 0.00000192. The van der Waals surface area contributed by atoms with Gasteiger partial charge in [0.1, 0.15) is 0 Å². The number of halogens is 3. The number of hydrogen-bond acceptors (Lipinski definition) is 2. The number of alkyl halides is 2. The summed E-state index contributed by atoms with van der Waals surface area (Å²) in [4.78, 5) is 13.9. The molecule has 0 aliphatic carbocycles. The van der Waals surface area contributed by atoms with Crippen molar-refractivity contribution in [3.05, 3.63) is 34.9 Å². The predicted molar refractivity (Wildman–Crippen MR) is 88.7 cm³/mol. The number of nitrogens with zero attached hydrogens (tertiary/aromatic N) is 1. The maximum atomic E-state index is 13.3. The van der Waals surface area contributed by atoms with Crippen LogP contribution in [0, 0.1) is 6.92 Å². The van der Waals surface area contributed by atoms with Gasteiger partial charge in [0.15, 0.2) is 0 Å². The van der Waals surface area contributed by atoms with E-state index < -0.39 is 12.5 Å². The minimum absolute atomic E-state index is 0. The molecule has 1 aromatic rings. The van der Waals surface area contributed by atoms with Crippen LogP contribution in [0.1, 0.15) is 46.7 Å². The zero-order valence-corrected chi connectivity index (χ0v) is 14.1.